The maximum absolute atomic E-state index is 11.5. The van der Waals surface area contributed by atoms with Crippen LogP contribution >= 0.6 is 11.6 Å². The predicted molar refractivity (Wildman–Crippen MR) is 79.0 cm³/mol. The molecule has 5 nitrogen and oxygen atoms in total. The summed E-state index contributed by atoms with van der Waals surface area (Å²) in [5.41, 5.74) is 1.65. The summed E-state index contributed by atoms with van der Waals surface area (Å²) < 4.78 is 0. The summed E-state index contributed by atoms with van der Waals surface area (Å²) in [4.78, 5) is 16.4. The number of rotatable bonds is 3. The molecule has 2 unspecified atom stereocenters. The van der Waals surface area contributed by atoms with Crippen molar-refractivity contribution >= 4 is 17.3 Å². The van der Waals surface area contributed by atoms with Gasteiger partial charge in [-0.05, 0) is 12.1 Å². The minimum atomic E-state index is -1.05. The third-order valence-corrected chi connectivity index (χ3v) is 3.54. The van der Waals surface area contributed by atoms with Crippen molar-refractivity contribution in [3.05, 3.63) is 80.9 Å². The van der Waals surface area contributed by atoms with Gasteiger partial charge in [-0.15, -0.1) is 0 Å². The minimum Gasteiger partial charge on any atom is -0.379 e. The largest absolute Gasteiger partial charge is 0.379 e. The molecule has 0 aliphatic carbocycles. The molecular weight excluding hydrogens is 292 g/mol. The van der Waals surface area contributed by atoms with E-state index in [9.17, 15) is 10.1 Å². The highest BCUT2D eigenvalue weighted by Gasteiger charge is 2.45. The van der Waals surface area contributed by atoms with Gasteiger partial charge in [0.2, 0.25) is 6.10 Å². The summed E-state index contributed by atoms with van der Waals surface area (Å²) >= 11 is 5.94. The molecular formula is C15H11ClN2O3. The van der Waals surface area contributed by atoms with Crippen LogP contribution in [-0.2, 0) is 4.84 Å². The fourth-order valence-corrected chi connectivity index (χ4v) is 2.54. The van der Waals surface area contributed by atoms with Gasteiger partial charge < -0.3 is 4.84 Å². The first-order chi connectivity index (χ1) is 10.2. The molecule has 21 heavy (non-hydrogen) atoms. The number of hydrogen-bond donors (Lipinski definition) is 0. The molecule has 2 aromatic carbocycles. The van der Waals surface area contributed by atoms with Gasteiger partial charge in [0, 0.05) is 21.1 Å². The zero-order chi connectivity index (χ0) is 14.8. The van der Waals surface area contributed by atoms with E-state index in [1.165, 1.54) is 0 Å². The SMILES string of the molecule is O=[N+]([O-])C1C(c2ccccc2)=NOC1c1cccc(Cl)c1. The Morgan fingerprint density at radius 3 is 2.57 bits per heavy atom. The summed E-state index contributed by atoms with van der Waals surface area (Å²) in [6.07, 6.45) is -0.770. The first-order valence-corrected chi connectivity index (χ1v) is 6.72. The fourth-order valence-electron chi connectivity index (χ4n) is 2.34. The average molecular weight is 303 g/mol. The van der Waals surface area contributed by atoms with Crippen LogP contribution in [0.15, 0.2) is 59.8 Å². The second-order valence-corrected chi connectivity index (χ2v) is 5.09. The Hall–Kier alpha value is -2.40. The Labute approximate surface area is 125 Å². The summed E-state index contributed by atoms with van der Waals surface area (Å²) in [5.74, 6) is 0. The standard InChI is InChI=1S/C15H11ClN2O3/c16-12-8-4-7-11(9-12)15-14(18(19)20)13(17-21-15)10-5-2-1-3-6-10/h1-9,14-15H. The lowest BCUT2D eigenvalue weighted by molar-refractivity contribution is -0.512. The quantitative estimate of drug-likeness (QED) is 0.644. The Bertz CT molecular complexity index is 703. The second-order valence-electron chi connectivity index (χ2n) is 4.65. The molecule has 0 spiro atoms. The molecule has 0 aromatic heterocycles. The molecule has 0 fully saturated rings. The molecule has 106 valence electrons. The third-order valence-electron chi connectivity index (χ3n) is 3.31. The molecule has 0 amide bonds. The van der Waals surface area contributed by atoms with Crippen LogP contribution in [0.4, 0.5) is 0 Å². The molecule has 6 heteroatoms. The van der Waals surface area contributed by atoms with E-state index in [-0.39, 0.29) is 4.92 Å². The Kier molecular flexibility index (Phi) is 3.58. The molecule has 1 aliphatic heterocycles. The maximum atomic E-state index is 11.5. The van der Waals surface area contributed by atoms with Crippen molar-refractivity contribution in [2.45, 2.75) is 12.1 Å². The summed E-state index contributed by atoms with van der Waals surface area (Å²) in [6.45, 7) is 0. The molecule has 1 heterocycles. The van der Waals surface area contributed by atoms with E-state index in [4.69, 9.17) is 16.4 Å². The average Bonchev–Trinajstić information content (AvgIpc) is 2.93. The van der Waals surface area contributed by atoms with E-state index in [1.807, 2.05) is 18.2 Å². The highest BCUT2D eigenvalue weighted by atomic mass is 35.5. The lowest BCUT2D eigenvalue weighted by atomic mass is 9.95. The summed E-state index contributed by atoms with van der Waals surface area (Å²) in [7, 11) is 0. The zero-order valence-electron chi connectivity index (χ0n) is 10.8. The van der Waals surface area contributed by atoms with Gasteiger partial charge in [0.05, 0.1) is 0 Å². The van der Waals surface area contributed by atoms with Crippen molar-refractivity contribution in [1.29, 1.82) is 0 Å². The number of hydrogen-bond acceptors (Lipinski definition) is 4. The molecule has 0 saturated carbocycles. The van der Waals surface area contributed by atoms with E-state index in [0.717, 1.165) is 0 Å². The van der Waals surface area contributed by atoms with Crippen LogP contribution in [-0.4, -0.2) is 16.7 Å². The van der Waals surface area contributed by atoms with Crippen LogP contribution in [0.5, 0.6) is 0 Å². The van der Waals surface area contributed by atoms with Crippen LogP contribution in [0.3, 0.4) is 0 Å². The van der Waals surface area contributed by atoms with E-state index in [0.29, 0.717) is 21.9 Å². The lowest BCUT2D eigenvalue weighted by Crippen LogP contribution is -2.32. The van der Waals surface area contributed by atoms with Gasteiger partial charge in [0.25, 0.3) is 0 Å². The normalized spacial score (nSPS) is 20.7. The molecule has 1 aliphatic rings. The van der Waals surface area contributed by atoms with E-state index in [2.05, 4.69) is 5.16 Å². The van der Waals surface area contributed by atoms with Crippen molar-refractivity contribution in [3.8, 4) is 0 Å². The monoisotopic (exact) mass is 302 g/mol. The first kappa shape index (κ1) is 13.6. The molecule has 0 N–H and O–H groups in total. The Balaban J connectivity index is 1.98. The van der Waals surface area contributed by atoms with Crippen LogP contribution in [0, 0.1) is 10.1 Å². The molecule has 0 bridgehead atoms. The third kappa shape index (κ3) is 2.60. The molecule has 2 aromatic rings. The Morgan fingerprint density at radius 1 is 1.14 bits per heavy atom. The summed E-state index contributed by atoms with van der Waals surface area (Å²) in [6, 6.07) is 14.8. The van der Waals surface area contributed by atoms with Gasteiger partial charge in [-0.2, -0.15) is 0 Å². The van der Waals surface area contributed by atoms with Crippen molar-refractivity contribution in [2.75, 3.05) is 0 Å². The van der Waals surface area contributed by atoms with Gasteiger partial charge in [-0.3, -0.25) is 10.1 Å². The zero-order valence-corrected chi connectivity index (χ0v) is 11.6. The maximum Gasteiger partial charge on any atom is 0.301 e. The number of nitro groups is 1. The van der Waals surface area contributed by atoms with E-state index in [1.54, 1.807) is 36.4 Å². The first-order valence-electron chi connectivity index (χ1n) is 6.35. The van der Waals surface area contributed by atoms with E-state index < -0.39 is 12.1 Å². The lowest BCUT2D eigenvalue weighted by Gasteiger charge is -2.13. The fraction of sp³-hybridized carbons (Fsp3) is 0.133. The van der Waals surface area contributed by atoms with Crippen molar-refractivity contribution in [1.82, 2.24) is 0 Å². The van der Waals surface area contributed by atoms with Gasteiger partial charge in [-0.25, -0.2) is 0 Å². The van der Waals surface area contributed by atoms with Crippen LogP contribution in [0.25, 0.3) is 0 Å². The van der Waals surface area contributed by atoms with Gasteiger partial charge >= 0.3 is 6.04 Å². The van der Waals surface area contributed by atoms with E-state index >= 15 is 0 Å². The number of nitrogens with zero attached hydrogens (tertiary/aromatic N) is 2. The van der Waals surface area contributed by atoms with Crippen LogP contribution in [0.2, 0.25) is 5.02 Å². The van der Waals surface area contributed by atoms with Gasteiger partial charge in [0.15, 0.2) is 5.71 Å². The smallest absolute Gasteiger partial charge is 0.301 e. The van der Waals surface area contributed by atoms with Crippen molar-refractivity contribution in [2.24, 2.45) is 5.16 Å². The number of oxime groups is 1. The topological polar surface area (TPSA) is 64.7 Å². The Morgan fingerprint density at radius 2 is 1.90 bits per heavy atom. The molecule has 2 atom stereocenters. The predicted octanol–water partition coefficient (Wildman–Crippen LogP) is 3.46. The second kappa shape index (κ2) is 5.54. The van der Waals surface area contributed by atoms with Crippen molar-refractivity contribution in [3.63, 3.8) is 0 Å². The minimum absolute atomic E-state index is 0.325. The number of halogens is 1. The van der Waals surface area contributed by atoms with Crippen LogP contribution in [0.1, 0.15) is 17.2 Å². The molecule has 3 rings (SSSR count). The molecule has 0 radical (unpaired) electrons. The number of benzene rings is 2. The molecule has 0 saturated heterocycles. The van der Waals surface area contributed by atoms with Crippen LogP contribution < -0.4 is 0 Å². The summed E-state index contributed by atoms with van der Waals surface area (Å²) in [5, 5.41) is 15.9. The van der Waals surface area contributed by atoms with Crippen molar-refractivity contribution < 1.29 is 9.76 Å². The van der Waals surface area contributed by atoms with Gasteiger partial charge in [0.1, 0.15) is 0 Å². The highest BCUT2D eigenvalue weighted by Crippen LogP contribution is 2.32. The van der Waals surface area contributed by atoms with Gasteiger partial charge in [-0.1, -0.05) is 59.2 Å². The highest BCUT2D eigenvalue weighted by molar-refractivity contribution is 6.30.